The Labute approximate surface area is 145 Å². The molecule has 0 spiro atoms. The second-order valence-electron chi connectivity index (χ2n) is 5.11. The van der Waals surface area contributed by atoms with Crippen LogP contribution in [0.25, 0.3) is 0 Å². The molecule has 0 radical (unpaired) electrons. The van der Waals surface area contributed by atoms with Gasteiger partial charge in [0.15, 0.2) is 18.1 Å². The van der Waals surface area contributed by atoms with Crippen LogP contribution in [0.2, 0.25) is 0 Å². The highest BCUT2D eigenvalue weighted by Gasteiger charge is 2.08. The number of anilines is 2. The minimum atomic E-state index is -0.307. The Morgan fingerprint density at radius 3 is 2.12 bits per heavy atom. The van der Waals surface area contributed by atoms with E-state index >= 15 is 0 Å². The van der Waals surface area contributed by atoms with E-state index in [1.807, 2.05) is 0 Å². The maximum atomic E-state index is 12.0. The first-order valence-corrected chi connectivity index (χ1v) is 7.54. The maximum Gasteiger partial charge on any atom is 0.262 e. The van der Waals surface area contributed by atoms with Crippen LogP contribution in [-0.4, -0.2) is 32.6 Å². The van der Waals surface area contributed by atoms with Crippen LogP contribution in [-0.2, 0) is 9.59 Å². The molecule has 0 saturated heterocycles. The van der Waals surface area contributed by atoms with Gasteiger partial charge in [-0.3, -0.25) is 9.59 Å². The minimum absolute atomic E-state index is 0.145. The average molecular weight is 344 g/mol. The molecule has 2 rings (SSSR count). The van der Waals surface area contributed by atoms with Crippen molar-refractivity contribution in [1.82, 2.24) is 0 Å². The van der Waals surface area contributed by atoms with Gasteiger partial charge in [0.25, 0.3) is 5.91 Å². The number of rotatable bonds is 7. The Morgan fingerprint density at radius 2 is 1.52 bits per heavy atom. The summed E-state index contributed by atoms with van der Waals surface area (Å²) in [5, 5.41) is 5.37. The molecule has 0 unspecified atom stereocenters. The van der Waals surface area contributed by atoms with Gasteiger partial charge in [-0.15, -0.1) is 0 Å². The number of methoxy groups -OCH3 is 2. The van der Waals surface area contributed by atoms with Gasteiger partial charge in [-0.1, -0.05) is 0 Å². The van der Waals surface area contributed by atoms with Gasteiger partial charge in [-0.2, -0.15) is 0 Å². The summed E-state index contributed by atoms with van der Waals surface area (Å²) in [5.74, 6) is 1.17. The third-order valence-electron chi connectivity index (χ3n) is 3.21. The molecule has 2 N–H and O–H groups in total. The Kier molecular flexibility index (Phi) is 6.22. The number of carbonyl (C=O) groups excluding carboxylic acids is 2. The highest BCUT2D eigenvalue weighted by atomic mass is 16.5. The molecule has 7 heteroatoms. The van der Waals surface area contributed by atoms with Crippen LogP contribution in [0.4, 0.5) is 11.4 Å². The molecule has 2 aromatic carbocycles. The average Bonchev–Trinajstić information content (AvgIpc) is 2.60. The Bertz CT molecular complexity index is 744. The number of amides is 2. The molecule has 0 aliphatic heterocycles. The van der Waals surface area contributed by atoms with Crippen LogP contribution in [0.5, 0.6) is 17.2 Å². The lowest BCUT2D eigenvalue weighted by Gasteiger charge is -2.11. The van der Waals surface area contributed by atoms with E-state index in [4.69, 9.17) is 14.2 Å². The van der Waals surface area contributed by atoms with E-state index in [0.717, 1.165) is 0 Å². The standard InChI is InChI=1S/C18H20N2O5/c1-12(21)19-13-4-7-15(8-5-13)25-11-18(22)20-14-6-9-16(23-2)17(10-14)24-3/h4-10H,11H2,1-3H3,(H,19,21)(H,20,22). The van der Waals surface area contributed by atoms with E-state index < -0.39 is 0 Å². The molecule has 132 valence electrons. The zero-order chi connectivity index (χ0) is 18.2. The molecule has 2 amide bonds. The van der Waals surface area contributed by atoms with E-state index in [2.05, 4.69) is 10.6 Å². The lowest BCUT2D eigenvalue weighted by Crippen LogP contribution is -2.20. The predicted molar refractivity (Wildman–Crippen MR) is 94.4 cm³/mol. The summed E-state index contributed by atoms with van der Waals surface area (Å²) in [6, 6.07) is 11.8. The van der Waals surface area contributed by atoms with Crippen LogP contribution in [0.15, 0.2) is 42.5 Å². The van der Waals surface area contributed by atoms with E-state index in [9.17, 15) is 9.59 Å². The molecular weight excluding hydrogens is 324 g/mol. The summed E-state index contributed by atoms with van der Waals surface area (Å²) in [6.07, 6.45) is 0. The first-order valence-electron chi connectivity index (χ1n) is 7.54. The van der Waals surface area contributed by atoms with Crippen molar-refractivity contribution >= 4 is 23.2 Å². The van der Waals surface area contributed by atoms with Gasteiger partial charge in [-0.25, -0.2) is 0 Å². The molecule has 0 atom stereocenters. The Balaban J connectivity index is 1.89. The normalized spacial score (nSPS) is 9.88. The zero-order valence-electron chi connectivity index (χ0n) is 14.3. The SMILES string of the molecule is COc1ccc(NC(=O)COc2ccc(NC(C)=O)cc2)cc1OC. The van der Waals surface area contributed by atoms with E-state index in [1.165, 1.54) is 14.0 Å². The number of nitrogens with one attached hydrogen (secondary N) is 2. The number of hydrogen-bond donors (Lipinski definition) is 2. The third kappa shape index (κ3) is 5.42. The van der Waals surface area contributed by atoms with Crippen molar-refractivity contribution in [1.29, 1.82) is 0 Å². The molecule has 25 heavy (non-hydrogen) atoms. The van der Waals surface area contributed by atoms with E-state index in [1.54, 1.807) is 49.6 Å². The largest absolute Gasteiger partial charge is 0.493 e. The zero-order valence-corrected chi connectivity index (χ0v) is 14.3. The highest BCUT2D eigenvalue weighted by molar-refractivity contribution is 5.92. The molecule has 0 saturated carbocycles. The van der Waals surface area contributed by atoms with Gasteiger partial charge in [0.1, 0.15) is 5.75 Å². The molecule has 0 heterocycles. The predicted octanol–water partition coefficient (Wildman–Crippen LogP) is 2.68. The molecule has 7 nitrogen and oxygen atoms in total. The minimum Gasteiger partial charge on any atom is -0.493 e. The lowest BCUT2D eigenvalue weighted by atomic mass is 10.2. The fourth-order valence-corrected chi connectivity index (χ4v) is 2.10. The number of ether oxygens (including phenoxy) is 3. The number of hydrogen-bond acceptors (Lipinski definition) is 5. The first kappa shape index (κ1) is 18.1. The van der Waals surface area contributed by atoms with Crippen molar-refractivity contribution in [2.45, 2.75) is 6.92 Å². The number of benzene rings is 2. The van der Waals surface area contributed by atoms with Gasteiger partial charge in [0, 0.05) is 24.4 Å². The van der Waals surface area contributed by atoms with Gasteiger partial charge < -0.3 is 24.8 Å². The van der Waals surface area contributed by atoms with Gasteiger partial charge in [0.2, 0.25) is 5.91 Å². The van der Waals surface area contributed by atoms with Crippen LogP contribution >= 0.6 is 0 Å². The molecule has 0 bridgehead atoms. The molecular formula is C18H20N2O5. The fourth-order valence-electron chi connectivity index (χ4n) is 2.10. The van der Waals surface area contributed by atoms with Crippen molar-refractivity contribution in [2.75, 3.05) is 31.5 Å². The number of carbonyl (C=O) groups is 2. The molecule has 0 aliphatic rings. The van der Waals surface area contributed by atoms with E-state index in [-0.39, 0.29) is 18.4 Å². The Hall–Kier alpha value is -3.22. The monoisotopic (exact) mass is 344 g/mol. The van der Waals surface area contributed by atoms with Crippen molar-refractivity contribution in [3.05, 3.63) is 42.5 Å². The van der Waals surface area contributed by atoms with Gasteiger partial charge in [0.05, 0.1) is 14.2 Å². The van der Waals surface area contributed by atoms with Crippen molar-refractivity contribution in [3.8, 4) is 17.2 Å². The third-order valence-corrected chi connectivity index (χ3v) is 3.21. The van der Waals surface area contributed by atoms with E-state index in [0.29, 0.717) is 28.6 Å². The quantitative estimate of drug-likeness (QED) is 0.806. The summed E-state index contributed by atoms with van der Waals surface area (Å²) in [4.78, 5) is 22.9. The van der Waals surface area contributed by atoms with Crippen LogP contribution in [0, 0.1) is 0 Å². The van der Waals surface area contributed by atoms with Crippen molar-refractivity contribution in [2.24, 2.45) is 0 Å². The summed E-state index contributed by atoms with van der Waals surface area (Å²) in [7, 11) is 3.07. The smallest absolute Gasteiger partial charge is 0.262 e. The van der Waals surface area contributed by atoms with Gasteiger partial charge >= 0.3 is 0 Å². The van der Waals surface area contributed by atoms with Crippen molar-refractivity contribution < 1.29 is 23.8 Å². The summed E-state index contributed by atoms with van der Waals surface area (Å²) in [5.41, 5.74) is 1.24. The highest BCUT2D eigenvalue weighted by Crippen LogP contribution is 2.29. The van der Waals surface area contributed by atoms with Crippen LogP contribution in [0.1, 0.15) is 6.92 Å². The second-order valence-corrected chi connectivity index (χ2v) is 5.11. The van der Waals surface area contributed by atoms with Gasteiger partial charge in [-0.05, 0) is 36.4 Å². The molecule has 0 fully saturated rings. The van der Waals surface area contributed by atoms with Crippen LogP contribution in [0.3, 0.4) is 0 Å². The first-order chi connectivity index (χ1) is 12.0. The summed E-state index contributed by atoms with van der Waals surface area (Å²) < 4.78 is 15.8. The molecule has 2 aromatic rings. The fraction of sp³-hybridized carbons (Fsp3) is 0.222. The summed E-state index contributed by atoms with van der Waals surface area (Å²) in [6.45, 7) is 1.29. The maximum absolute atomic E-state index is 12.0. The molecule has 0 aromatic heterocycles. The second kappa shape index (κ2) is 8.58. The molecule has 0 aliphatic carbocycles. The van der Waals surface area contributed by atoms with Crippen LogP contribution < -0.4 is 24.8 Å². The van der Waals surface area contributed by atoms with Crippen molar-refractivity contribution in [3.63, 3.8) is 0 Å². The summed E-state index contributed by atoms with van der Waals surface area (Å²) >= 11 is 0. The lowest BCUT2D eigenvalue weighted by molar-refractivity contribution is -0.118. The Morgan fingerprint density at radius 1 is 0.880 bits per heavy atom. The topological polar surface area (TPSA) is 85.9 Å².